The topological polar surface area (TPSA) is 77.8 Å². The van der Waals surface area contributed by atoms with Gasteiger partial charge >= 0.3 is 5.97 Å². The Morgan fingerprint density at radius 1 is 1.28 bits per heavy atom. The maximum atomic E-state index is 11.6. The first-order chi connectivity index (χ1) is 8.49. The number of hydrogen-bond acceptors (Lipinski definition) is 3. The fourth-order valence-electron chi connectivity index (χ4n) is 1.25. The third-order valence-corrected chi connectivity index (χ3v) is 2.35. The van der Waals surface area contributed by atoms with Crippen molar-refractivity contribution in [3.05, 3.63) is 35.9 Å². The Kier molecular flexibility index (Phi) is 4.92. The summed E-state index contributed by atoms with van der Waals surface area (Å²) in [5.41, 5.74) is 0.785. The zero-order valence-electron chi connectivity index (χ0n) is 10.0. The molecule has 1 aromatic carbocycles. The second-order valence-corrected chi connectivity index (χ2v) is 3.83. The maximum Gasteiger partial charge on any atom is 0.305 e. The highest BCUT2D eigenvalue weighted by molar-refractivity contribution is 5.91. The number of carboxylic acids is 1. The molecule has 1 amide bonds. The van der Waals surface area contributed by atoms with Crippen molar-refractivity contribution in [2.75, 3.05) is 13.6 Å². The van der Waals surface area contributed by atoms with Crippen molar-refractivity contribution < 1.29 is 19.8 Å². The Morgan fingerprint density at radius 2 is 1.89 bits per heavy atom. The fraction of sp³-hybridized carbons (Fsp3) is 0.231. The number of carbonyl (C=O) groups excluding carboxylic acids is 1. The second-order valence-electron chi connectivity index (χ2n) is 3.83. The summed E-state index contributed by atoms with van der Waals surface area (Å²) in [4.78, 5) is 23.3. The van der Waals surface area contributed by atoms with E-state index in [0.29, 0.717) is 0 Å². The lowest BCUT2D eigenvalue weighted by Crippen LogP contribution is -2.27. The highest BCUT2D eigenvalue weighted by Gasteiger charge is 2.06. The van der Waals surface area contributed by atoms with Gasteiger partial charge in [0.25, 0.3) is 0 Å². The van der Waals surface area contributed by atoms with E-state index in [1.807, 2.05) is 0 Å². The van der Waals surface area contributed by atoms with Crippen molar-refractivity contribution in [1.82, 2.24) is 4.90 Å². The predicted octanol–water partition coefficient (Wildman–Crippen LogP) is 1.34. The van der Waals surface area contributed by atoms with Crippen LogP contribution in [0.25, 0.3) is 6.08 Å². The summed E-state index contributed by atoms with van der Waals surface area (Å²) in [6, 6.07) is 6.41. The van der Waals surface area contributed by atoms with Crippen LogP contribution in [0, 0.1) is 0 Å². The van der Waals surface area contributed by atoms with E-state index < -0.39 is 5.97 Å². The van der Waals surface area contributed by atoms with Crippen molar-refractivity contribution in [2.45, 2.75) is 6.42 Å². The van der Waals surface area contributed by atoms with Gasteiger partial charge in [-0.1, -0.05) is 12.1 Å². The smallest absolute Gasteiger partial charge is 0.305 e. The zero-order chi connectivity index (χ0) is 13.5. The Labute approximate surface area is 105 Å². The number of rotatable bonds is 5. The van der Waals surface area contributed by atoms with Crippen LogP contribution in [0.4, 0.5) is 0 Å². The summed E-state index contributed by atoms with van der Waals surface area (Å²) in [5.74, 6) is -1.03. The molecule has 5 nitrogen and oxygen atoms in total. The van der Waals surface area contributed by atoms with Gasteiger partial charge in [0.2, 0.25) is 5.91 Å². The van der Waals surface area contributed by atoms with Gasteiger partial charge in [-0.15, -0.1) is 0 Å². The molecule has 0 fully saturated rings. The first kappa shape index (κ1) is 13.8. The van der Waals surface area contributed by atoms with Crippen molar-refractivity contribution in [3.63, 3.8) is 0 Å². The van der Waals surface area contributed by atoms with Crippen LogP contribution in [0.15, 0.2) is 30.3 Å². The number of carbonyl (C=O) groups is 2. The third kappa shape index (κ3) is 4.69. The molecule has 0 spiro atoms. The van der Waals surface area contributed by atoms with Gasteiger partial charge in [0.05, 0.1) is 6.42 Å². The molecule has 0 saturated heterocycles. The van der Waals surface area contributed by atoms with Crippen LogP contribution in [-0.2, 0) is 9.59 Å². The number of phenols is 1. The average Bonchev–Trinajstić information content (AvgIpc) is 2.34. The summed E-state index contributed by atoms with van der Waals surface area (Å²) in [6.45, 7) is 0.175. The minimum atomic E-state index is -0.933. The van der Waals surface area contributed by atoms with E-state index in [-0.39, 0.29) is 24.6 Å². The van der Waals surface area contributed by atoms with Gasteiger partial charge in [0, 0.05) is 19.7 Å². The van der Waals surface area contributed by atoms with E-state index >= 15 is 0 Å². The first-order valence-corrected chi connectivity index (χ1v) is 5.43. The largest absolute Gasteiger partial charge is 0.508 e. The van der Waals surface area contributed by atoms with Crippen molar-refractivity contribution >= 4 is 18.0 Å². The number of amides is 1. The highest BCUT2D eigenvalue weighted by atomic mass is 16.4. The minimum absolute atomic E-state index is 0.0741. The monoisotopic (exact) mass is 249 g/mol. The molecule has 0 unspecified atom stereocenters. The Hall–Kier alpha value is -2.30. The summed E-state index contributed by atoms with van der Waals surface area (Å²) in [5, 5.41) is 17.6. The molecule has 1 rings (SSSR count). The van der Waals surface area contributed by atoms with Crippen LogP contribution < -0.4 is 0 Å². The second kappa shape index (κ2) is 6.44. The van der Waals surface area contributed by atoms with Gasteiger partial charge in [-0.25, -0.2) is 0 Å². The average molecular weight is 249 g/mol. The molecular weight excluding hydrogens is 234 g/mol. The Bertz CT molecular complexity index is 451. The summed E-state index contributed by atoms with van der Waals surface area (Å²) >= 11 is 0. The predicted molar refractivity (Wildman–Crippen MR) is 67.0 cm³/mol. The molecule has 0 aliphatic heterocycles. The van der Waals surface area contributed by atoms with E-state index in [4.69, 9.17) is 10.2 Å². The lowest BCUT2D eigenvalue weighted by molar-refractivity contribution is -0.137. The standard InChI is InChI=1S/C13H15NO4/c1-14(9-8-13(17)18)12(16)7-4-10-2-5-11(15)6-3-10/h2-7,15H,8-9H2,1H3,(H,17,18)/b7-4+. The van der Waals surface area contributed by atoms with E-state index in [0.717, 1.165) is 5.56 Å². The van der Waals surface area contributed by atoms with E-state index in [9.17, 15) is 9.59 Å². The number of nitrogens with zero attached hydrogens (tertiary/aromatic N) is 1. The van der Waals surface area contributed by atoms with Crippen LogP contribution in [0.3, 0.4) is 0 Å². The van der Waals surface area contributed by atoms with Crippen molar-refractivity contribution in [3.8, 4) is 5.75 Å². The molecule has 0 radical (unpaired) electrons. The SMILES string of the molecule is CN(CCC(=O)O)C(=O)/C=C/c1ccc(O)cc1. The fourth-order valence-corrected chi connectivity index (χ4v) is 1.25. The lowest BCUT2D eigenvalue weighted by atomic mass is 10.2. The molecule has 18 heavy (non-hydrogen) atoms. The van der Waals surface area contributed by atoms with Gasteiger partial charge in [-0.3, -0.25) is 9.59 Å². The maximum absolute atomic E-state index is 11.6. The molecule has 1 aromatic rings. The number of aromatic hydroxyl groups is 1. The molecule has 5 heteroatoms. The van der Waals surface area contributed by atoms with Crippen LogP contribution in [0.5, 0.6) is 5.75 Å². The number of benzene rings is 1. The van der Waals surface area contributed by atoms with Crippen molar-refractivity contribution in [2.24, 2.45) is 0 Å². The van der Waals surface area contributed by atoms with Gasteiger partial charge < -0.3 is 15.1 Å². The molecule has 0 bridgehead atoms. The van der Waals surface area contributed by atoms with E-state index in [1.54, 1.807) is 25.3 Å². The molecule has 2 N–H and O–H groups in total. The highest BCUT2D eigenvalue weighted by Crippen LogP contribution is 2.10. The Balaban J connectivity index is 2.53. The molecule has 0 heterocycles. The zero-order valence-corrected chi connectivity index (χ0v) is 10.0. The summed E-state index contributed by atoms with van der Waals surface area (Å²) in [6.07, 6.45) is 2.91. The minimum Gasteiger partial charge on any atom is -0.508 e. The molecule has 0 atom stereocenters. The van der Waals surface area contributed by atoms with Crippen molar-refractivity contribution in [1.29, 1.82) is 0 Å². The molecule has 96 valence electrons. The number of phenolic OH excluding ortho intramolecular Hbond substituents is 1. The Morgan fingerprint density at radius 3 is 2.44 bits per heavy atom. The number of aliphatic carboxylic acids is 1. The number of likely N-dealkylation sites (N-methyl/N-ethyl adjacent to an activating group) is 1. The van der Waals surface area contributed by atoms with Gasteiger partial charge in [-0.05, 0) is 23.8 Å². The van der Waals surface area contributed by atoms with E-state index in [2.05, 4.69) is 0 Å². The van der Waals surface area contributed by atoms with Crippen LogP contribution in [-0.4, -0.2) is 40.6 Å². The van der Waals surface area contributed by atoms with Gasteiger partial charge in [0.15, 0.2) is 0 Å². The van der Waals surface area contributed by atoms with Gasteiger partial charge in [0.1, 0.15) is 5.75 Å². The summed E-state index contributed by atoms with van der Waals surface area (Å²) < 4.78 is 0. The molecule has 0 aliphatic rings. The van der Waals surface area contributed by atoms with Crippen LogP contribution in [0.1, 0.15) is 12.0 Å². The molecule has 0 aliphatic carbocycles. The van der Waals surface area contributed by atoms with Gasteiger partial charge in [-0.2, -0.15) is 0 Å². The molecular formula is C13H15NO4. The molecule has 0 aromatic heterocycles. The number of carboxylic acid groups (broad SMARTS) is 1. The first-order valence-electron chi connectivity index (χ1n) is 5.43. The normalized spacial score (nSPS) is 10.5. The number of hydrogen-bond donors (Lipinski definition) is 2. The van der Waals surface area contributed by atoms with E-state index in [1.165, 1.54) is 23.1 Å². The van der Waals surface area contributed by atoms with Crippen LogP contribution >= 0.6 is 0 Å². The molecule has 0 saturated carbocycles. The van der Waals surface area contributed by atoms with Crippen LogP contribution in [0.2, 0.25) is 0 Å². The summed E-state index contributed by atoms with van der Waals surface area (Å²) in [7, 11) is 1.55. The lowest BCUT2D eigenvalue weighted by Gasteiger charge is -2.13. The quantitative estimate of drug-likeness (QED) is 0.772. The third-order valence-electron chi connectivity index (χ3n) is 2.35.